The molecular formula is C15H19N3O2. The number of carbonyl (C=O) groups excluding carboxylic acids is 2. The van der Waals surface area contributed by atoms with Crippen molar-refractivity contribution in [3.05, 3.63) is 24.3 Å². The topological polar surface area (TPSA) is 61.4 Å². The zero-order valence-corrected chi connectivity index (χ0v) is 11.4. The van der Waals surface area contributed by atoms with Gasteiger partial charge in [-0.2, -0.15) is 0 Å². The number of benzene rings is 1. The summed E-state index contributed by atoms with van der Waals surface area (Å²) in [6, 6.07) is 7.47. The van der Waals surface area contributed by atoms with Crippen LogP contribution in [0.1, 0.15) is 25.7 Å². The highest BCUT2D eigenvalue weighted by molar-refractivity contribution is 6.01. The van der Waals surface area contributed by atoms with Gasteiger partial charge >= 0.3 is 0 Å². The molecule has 0 bridgehead atoms. The van der Waals surface area contributed by atoms with Crippen molar-refractivity contribution in [1.82, 2.24) is 5.32 Å². The minimum atomic E-state index is -0.394. The van der Waals surface area contributed by atoms with Gasteiger partial charge in [-0.25, -0.2) is 0 Å². The number of anilines is 2. The van der Waals surface area contributed by atoms with Crippen molar-refractivity contribution in [2.45, 2.75) is 31.7 Å². The number of para-hydroxylation sites is 2. The number of carbonyl (C=O) groups is 2. The molecule has 2 fully saturated rings. The van der Waals surface area contributed by atoms with Gasteiger partial charge in [0.2, 0.25) is 11.8 Å². The van der Waals surface area contributed by atoms with E-state index in [2.05, 4.69) is 15.5 Å². The Labute approximate surface area is 118 Å². The average Bonchev–Trinajstić information content (AvgIpc) is 3.10. The summed E-state index contributed by atoms with van der Waals surface area (Å²) in [6.45, 7) is 2.07. The molecule has 5 heteroatoms. The van der Waals surface area contributed by atoms with Crippen LogP contribution in [0.4, 0.5) is 11.4 Å². The maximum absolute atomic E-state index is 12.2. The summed E-state index contributed by atoms with van der Waals surface area (Å²) in [4.78, 5) is 25.7. The lowest BCUT2D eigenvalue weighted by molar-refractivity contribution is -0.122. The summed E-state index contributed by atoms with van der Waals surface area (Å²) in [7, 11) is 0. The summed E-state index contributed by atoms with van der Waals surface area (Å²) in [5.74, 6) is -0.166. The van der Waals surface area contributed by atoms with Crippen LogP contribution in [-0.4, -0.2) is 30.9 Å². The summed E-state index contributed by atoms with van der Waals surface area (Å²) >= 11 is 0. The molecule has 2 amide bonds. The van der Waals surface area contributed by atoms with E-state index in [9.17, 15) is 9.59 Å². The van der Waals surface area contributed by atoms with Gasteiger partial charge in [0.15, 0.2) is 0 Å². The number of hydrogen-bond donors (Lipinski definition) is 2. The predicted octanol–water partition coefficient (Wildman–Crippen LogP) is 1.50. The standard InChI is InChI=1S/C15H19N3O2/c19-14-8-7-12(16-14)15(20)17-11-5-1-2-6-13(11)18-9-3-4-10-18/h1-2,5-6,12H,3-4,7-10H2,(H,16,19)(H,17,20)/t12-/m1/s1. The van der Waals surface area contributed by atoms with Crippen LogP contribution in [0, 0.1) is 0 Å². The van der Waals surface area contributed by atoms with Gasteiger partial charge in [0.05, 0.1) is 11.4 Å². The Morgan fingerprint density at radius 1 is 1.25 bits per heavy atom. The van der Waals surface area contributed by atoms with Crippen molar-refractivity contribution in [2.75, 3.05) is 23.3 Å². The molecule has 0 radical (unpaired) electrons. The number of rotatable bonds is 3. The van der Waals surface area contributed by atoms with E-state index in [0.29, 0.717) is 12.8 Å². The summed E-state index contributed by atoms with van der Waals surface area (Å²) in [5.41, 5.74) is 1.91. The fraction of sp³-hybridized carbons (Fsp3) is 0.467. The molecule has 0 unspecified atom stereocenters. The molecule has 5 nitrogen and oxygen atoms in total. The van der Waals surface area contributed by atoms with Crippen LogP contribution < -0.4 is 15.5 Å². The van der Waals surface area contributed by atoms with Gasteiger partial charge in [0, 0.05) is 19.5 Å². The predicted molar refractivity (Wildman–Crippen MR) is 77.7 cm³/mol. The van der Waals surface area contributed by atoms with Crippen molar-refractivity contribution in [1.29, 1.82) is 0 Å². The molecule has 0 aromatic heterocycles. The Hall–Kier alpha value is -2.04. The van der Waals surface area contributed by atoms with E-state index in [1.54, 1.807) is 0 Å². The third-order valence-electron chi connectivity index (χ3n) is 3.92. The van der Waals surface area contributed by atoms with E-state index in [4.69, 9.17) is 0 Å². The minimum absolute atomic E-state index is 0.0435. The Balaban J connectivity index is 1.73. The smallest absolute Gasteiger partial charge is 0.247 e. The Morgan fingerprint density at radius 3 is 2.70 bits per heavy atom. The second-order valence-electron chi connectivity index (χ2n) is 5.36. The third kappa shape index (κ3) is 2.61. The average molecular weight is 273 g/mol. The van der Waals surface area contributed by atoms with Gasteiger partial charge in [0.1, 0.15) is 6.04 Å². The fourth-order valence-corrected chi connectivity index (χ4v) is 2.84. The van der Waals surface area contributed by atoms with Gasteiger partial charge < -0.3 is 15.5 Å². The molecule has 3 rings (SSSR count). The highest BCUT2D eigenvalue weighted by Gasteiger charge is 2.28. The van der Waals surface area contributed by atoms with E-state index >= 15 is 0 Å². The van der Waals surface area contributed by atoms with Gasteiger partial charge in [0.25, 0.3) is 0 Å². The molecular weight excluding hydrogens is 254 g/mol. The first-order valence-electron chi connectivity index (χ1n) is 7.18. The van der Waals surface area contributed by atoms with E-state index in [1.165, 1.54) is 12.8 Å². The molecule has 0 spiro atoms. The van der Waals surface area contributed by atoms with Crippen molar-refractivity contribution < 1.29 is 9.59 Å². The van der Waals surface area contributed by atoms with Crippen LogP contribution in [0.25, 0.3) is 0 Å². The van der Waals surface area contributed by atoms with Crippen molar-refractivity contribution >= 4 is 23.2 Å². The molecule has 2 aliphatic rings. The van der Waals surface area contributed by atoms with Crippen molar-refractivity contribution in [3.63, 3.8) is 0 Å². The van der Waals surface area contributed by atoms with Crippen LogP contribution in [-0.2, 0) is 9.59 Å². The summed E-state index contributed by atoms with van der Waals surface area (Å²) in [5, 5.41) is 5.65. The van der Waals surface area contributed by atoms with Crippen LogP contribution in [0.3, 0.4) is 0 Å². The van der Waals surface area contributed by atoms with Gasteiger partial charge in [-0.3, -0.25) is 9.59 Å². The van der Waals surface area contributed by atoms with Crippen molar-refractivity contribution in [3.8, 4) is 0 Å². The lowest BCUT2D eigenvalue weighted by Crippen LogP contribution is -2.37. The zero-order valence-electron chi connectivity index (χ0n) is 11.4. The van der Waals surface area contributed by atoms with E-state index in [-0.39, 0.29) is 11.8 Å². The monoisotopic (exact) mass is 273 g/mol. The van der Waals surface area contributed by atoms with Gasteiger partial charge in [-0.05, 0) is 31.4 Å². The molecule has 1 aromatic rings. The quantitative estimate of drug-likeness (QED) is 0.877. The van der Waals surface area contributed by atoms with Gasteiger partial charge in [-0.1, -0.05) is 12.1 Å². The molecule has 1 aromatic carbocycles. The molecule has 0 saturated carbocycles. The van der Waals surface area contributed by atoms with Crippen LogP contribution in [0.5, 0.6) is 0 Å². The zero-order chi connectivity index (χ0) is 13.9. The number of nitrogens with zero attached hydrogens (tertiary/aromatic N) is 1. The largest absolute Gasteiger partial charge is 0.370 e. The first-order valence-corrected chi connectivity index (χ1v) is 7.18. The second-order valence-corrected chi connectivity index (χ2v) is 5.36. The molecule has 2 N–H and O–H groups in total. The lowest BCUT2D eigenvalue weighted by atomic mass is 10.2. The molecule has 0 aliphatic carbocycles. The van der Waals surface area contributed by atoms with Gasteiger partial charge in [-0.15, -0.1) is 0 Å². The molecule has 2 aliphatic heterocycles. The van der Waals surface area contributed by atoms with Crippen LogP contribution in [0.2, 0.25) is 0 Å². The second kappa shape index (κ2) is 5.53. The van der Waals surface area contributed by atoms with E-state index in [1.807, 2.05) is 24.3 Å². The fourth-order valence-electron chi connectivity index (χ4n) is 2.84. The van der Waals surface area contributed by atoms with Crippen molar-refractivity contribution in [2.24, 2.45) is 0 Å². The first-order chi connectivity index (χ1) is 9.74. The van der Waals surface area contributed by atoms with Crippen LogP contribution >= 0.6 is 0 Å². The highest BCUT2D eigenvalue weighted by Crippen LogP contribution is 2.28. The molecule has 106 valence electrons. The van der Waals surface area contributed by atoms with E-state index < -0.39 is 6.04 Å². The number of hydrogen-bond acceptors (Lipinski definition) is 3. The summed E-state index contributed by atoms with van der Waals surface area (Å²) < 4.78 is 0. The maximum Gasteiger partial charge on any atom is 0.247 e. The highest BCUT2D eigenvalue weighted by atomic mass is 16.2. The van der Waals surface area contributed by atoms with Crippen LogP contribution in [0.15, 0.2) is 24.3 Å². The number of amides is 2. The molecule has 20 heavy (non-hydrogen) atoms. The molecule has 2 heterocycles. The lowest BCUT2D eigenvalue weighted by Gasteiger charge is -2.22. The third-order valence-corrected chi connectivity index (χ3v) is 3.92. The molecule has 1 atom stereocenters. The molecule has 2 saturated heterocycles. The maximum atomic E-state index is 12.2. The first kappa shape index (κ1) is 13.0. The Kier molecular flexibility index (Phi) is 3.58. The van der Waals surface area contributed by atoms with E-state index in [0.717, 1.165) is 24.5 Å². The normalized spacial score (nSPS) is 21.9. The Morgan fingerprint density at radius 2 is 2.00 bits per heavy atom. The SMILES string of the molecule is O=C1CC[C@H](C(=O)Nc2ccccc2N2CCCC2)N1. The Bertz CT molecular complexity index is 524. The summed E-state index contributed by atoms with van der Waals surface area (Å²) in [6.07, 6.45) is 3.41. The number of nitrogens with one attached hydrogen (secondary N) is 2. The minimum Gasteiger partial charge on any atom is -0.370 e.